The number of hydrogen-bond donors (Lipinski definition) is 1. The number of nitrogens with zero attached hydrogens (tertiary/aromatic N) is 1. The highest BCUT2D eigenvalue weighted by molar-refractivity contribution is 7.41. The van der Waals surface area contributed by atoms with Crippen molar-refractivity contribution in [2.24, 2.45) is 10.8 Å². The number of esters is 2. The van der Waals surface area contributed by atoms with Gasteiger partial charge in [0.2, 0.25) is 13.6 Å². The van der Waals surface area contributed by atoms with Crippen molar-refractivity contribution in [3.05, 3.63) is 33.1 Å². The van der Waals surface area contributed by atoms with Gasteiger partial charge in [0.1, 0.15) is 0 Å². The molecule has 0 aliphatic rings. The molecule has 1 heterocycles. The molecule has 1 N–H and O–H groups in total. The van der Waals surface area contributed by atoms with Gasteiger partial charge in [0.25, 0.3) is 5.56 Å². The van der Waals surface area contributed by atoms with Gasteiger partial charge in [0.15, 0.2) is 0 Å². The molecule has 200 valence electrons. The molecule has 1 aromatic rings. The maximum atomic E-state index is 12.0. The largest absolute Gasteiger partial charge is 0.438 e. The first-order chi connectivity index (χ1) is 16.1. The Balaban J connectivity index is 2.73. The summed E-state index contributed by atoms with van der Waals surface area (Å²) in [4.78, 5) is 49.4. The summed E-state index contributed by atoms with van der Waals surface area (Å²) < 4.78 is 33.5. The maximum Gasteiger partial charge on any atom is 0.338 e. The van der Waals surface area contributed by atoms with E-state index in [2.05, 4.69) is 4.98 Å². The van der Waals surface area contributed by atoms with Crippen LogP contribution in [0.5, 0.6) is 0 Å². The highest BCUT2D eigenvalue weighted by atomic mass is 31.2. The number of carbonyl (C=O) groups excluding carboxylic acids is 2. The first kappa shape index (κ1) is 30.9. The molecule has 0 bridgehead atoms. The minimum atomic E-state index is -2.07. The van der Waals surface area contributed by atoms with Crippen LogP contribution < -0.4 is 11.2 Å². The molecule has 0 fully saturated rings. The van der Waals surface area contributed by atoms with Gasteiger partial charge in [-0.15, -0.1) is 0 Å². The molecule has 0 saturated heterocycles. The lowest BCUT2D eigenvalue weighted by atomic mass is 9.98. The lowest BCUT2D eigenvalue weighted by Gasteiger charge is -2.24. The van der Waals surface area contributed by atoms with E-state index < -0.39 is 62.3 Å². The molecule has 0 saturated carbocycles. The smallest absolute Gasteiger partial charge is 0.338 e. The second kappa shape index (κ2) is 13.8. The molecule has 1 unspecified atom stereocenters. The normalized spacial score (nSPS) is 14.0. The quantitative estimate of drug-likeness (QED) is 0.234. The standard InChI is InChI=1S/C22H37N2O10P/c1-15(24-10-9-17(25)23-20(24)28)11-16(29-8)12-32-35(33-13-30-18(26)21(2,3)4)34-14-31-19(27)22(5,6)7/h9-10,15-16H,11-14H2,1-8H3,(H,23,25,28)/t15-,16?/m0/s1. The van der Waals surface area contributed by atoms with E-state index in [9.17, 15) is 19.2 Å². The van der Waals surface area contributed by atoms with Gasteiger partial charge in [-0.1, -0.05) is 0 Å². The van der Waals surface area contributed by atoms with E-state index in [-0.39, 0.29) is 12.6 Å². The third-order valence-electron chi connectivity index (χ3n) is 4.55. The molecule has 12 nitrogen and oxygen atoms in total. The average molecular weight is 521 g/mol. The van der Waals surface area contributed by atoms with E-state index in [1.807, 2.05) is 0 Å². The Hall–Kier alpha value is -2.11. The van der Waals surface area contributed by atoms with Gasteiger partial charge in [-0.3, -0.25) is 33.0 Å². The predicted molar refractivity (Wildman–Crippen MR) is 127 cm³/mol. The Labute approximate surface area is 206 Å². The van der Waals surface area contributed by atoms with Crippen molar-refractivity contribution >= 4 is 20.5 Å². The summed E-state index contributed by atoms with van der Waals surface area (Å²) in [5.74, 6) is -0.942. The van der Waals surface area contributed by atoms with Crippen LogP contribution in [0.15, 0.2) is 21.9 Å². The van der Waals surface area contributed by atoms with Gasteiger partial charge < -0.3 is 18.7 Å². The minimum absolute atomic E-state index is 0.00504. The molecule has 0 amide bonds. The molecule has 0 radical (unpaired) electrons. The molecule has 1 aromatic heterocycles. The highest BCUT2D eigenvalue weighted by Crippen LogP contribution is 2.40. The molecular formula is C22H37N2O10P. The number of carbonyl (C=O) groups is 2. The second-order valence-corrected chi connectivity index (χ2v) is 11.1. The summed E-state index contributed by atoms with van der Waals surface area (Å²) in [6.45, 7) is 11.2. The van der Waals surface area contributed by atoms with E-state index >= 15 is 0 Å². The topological polar surface area (TPSA) is 144 Å². The van der Waals surface area contributed by atoms with Crippen molar-refractivity contribution in [1.29, 1.82) is 0 Å². The first-order valence-electron chi connectivity index (χ1n) is 11.0. The van der Waals surface area contributed by atoms with Crippen molar-refractivity contribution in [2.75, 3.05) is 27.3 Å². The van der Waals surface area contributed by atoms with Gasteiger partial charge in [0, 0.05) is 25.4 Å². The number of methoxy groups -OCH3 is 1. The van der Waals surface area contributed by atoms with Crippen LogP contribution in [0.25, 0.3) is 0 Å². The molecule has 0 aliphatic heterocycles. The van der Waals surface area contributed by atoms with Crippen molar-refractivity contribution in [3.8, 4) is 0 Å². The van der Waals surface area contributed by atoms with Crippen LogP contribution in [0, 0.1) is 10.8 Å². The number of aromatic nitrogens is 2. The number of rotatable bonds is 13. The molecule has 13 heteroatoms. The molecule has 0 spiro atoms. The molecular weight excluding hydrogens is 483 g/mol. The molecule has 2 atom stereocenters. The highest BCUT2D eigenvalue weighted by Gasteiger charge is 2.26. The van der Waals surface area contributed by atoms with Crippen molar-refractivity contribution < 1.29 is 37.4 Å². The molecule has 0 aliphatic carbocycles. The van der Waals surface area contributed by atoms with Crippen LogP contribution >= 0.6 is 8.60 Å². The Morgan fingerprint density at radius 2 is 1.49 bits per heavy atom. The van der Waals surface area contributed by atoms with Crippen LogP contribution in [0.3, 0.4) is 0 Å². The lowest BCUT2D eigenvalue weighted by molar-refractivity contribution is -0.162. The SMILES string of the molecule is COC(COP(OCOC(=O)C(C)(C)C)OCOC(=O)C(C)(C)C)C[C@H](C)n1ccc(=O)[nH]c1=O. The van der Waals surface area contributed by atoms with Crippen LogP contribution in [-0.2, 0) is 37.4 Å². The van der Waals surface area contributed by atoms with Crippen LogP contribution in [0.1, 0.15) is 60.9 Å². The Bertz CT molecular complexity index is 900. The summed E-state index contributed by atoms with van der Waals surface area (Å²) in [7, 11) is -0.589. The van der Waals surface area contributed by atoms with Crippen molar-refractivity contribution in [1.82, 2.24) is 9.55 Å². The van der Waals surface area contributed by atoms with E-state index in [0.29, 0.717) is 6.42 Å². The second-order valence-electron chi connectivity index (χ2n) is 9.84. The predicted octanol–water partition coefficient (Wildman–Crippen LogP) is 2.87. The molecule has 0 aromatic carbocycles. The van der Waals surface area contributed by atoms with E-state index in [1.165, 1.54) is 23.9 Å². The number of ether oxygens (including phenoxy) is 3. The van der Waals surface area contributed by atoms with E-state index in [4.69, 9.17) is 27.8 Å². The average Bonchev–Trinajstić information content (AvgIpc) is 2.74. The Morgan fingerprint density at radius 1 is 0.971 bits per heavy atom. The third kappa shape index (κ3) is 11.4. The Kier molecular flexibility index (Phi) is 12.2. The summed E-state index contributed by atoms with van der Waals surface area (Å²) in [5.41, 5.74) is -2.44. The van der Waals surface area contributed by atoms with Crippen LogP contribution in [-0.4, -0.2) is 54.9 Å². The monoisotopic (exact) mass is 520 g/mol. The molecule has 35 heavy (non-hydrogen) atoms. The van der Waals surface area contributed by atoms with Crippen LogP contribution in [0.2, 0.25) is 0 Å². The Morgan fingerprint density at radius 3 is 1.91 bits per heavy atom. The summed E-state index contributed by atoms with van der Waals surface area (Å²) >= 11 is 0. The molecule has 1 rings (SSSR count). The van der Waals surface area contributed by atoms with Gasteiger partial charge in [-0.05, 0) is 54.9 Å². The van der Waals surface area contributed by atoms with Gasteiger partial charge in [0.05, 0.1) is 23.5 Å². The van der Waals surface area contributed by atoms with Gasteiger partial charge in [-0.25, -0.2) is 4.79 Å². The number of hydrogen-bond acceptors (Lipinski definition) is 10. The van der Waals surface area contributed by atoms with Crippen LogP contribution in [0.4, 0.5) is 0 Å². The number of H-pyrrole nitrogens is 1. The third-order valence-corrected chi connectivity index (χ3v) is 5.54. The minimum Gasteiger partial charge on any atom is -0.438 e. The maximum absolute atomic E-state index is 12.0. The zero-order chi connectivity index (χ0) is 26.8. The zero-order valence-corrected chi connectivity index (χ0v) is 22.5. The fourth-order valence-electron chi connectivity index (χ4n) is 2.44. The van der Waals surface area contributed by atoms with Crippen molar-refractivity contribution in [3.63, 3.8) is 0 Å². The van der Waals surface area contributed by atoms with Gasteiger partial charge in [-0.2, -0.15) is 0 Å². The number of aromatic amines is 1. The first-order valence-corrected chi connectivity index (χ1v) is 12.1. The van der Waals surface area contributed by atoms with E-state index in [0.717, 1.165) is 0 Å². The van der Waals surface area contributed by atoms with E-state index in [1.54, 1.807) is 48.5 Å². The summed E-state index contributed by atoms with van der Waals surface area (Å²) in [6, 6.07) is 0.941. The number of nitrogens with one attached hydrogen (secondary N) is 1. The zero-order valence-electron chi connectivity index (χ0n) is 21.6. The summed E-state index contributed by atoms with van der Waals surface area (Å²) in [6.07, 6.45) is 1.30. The van der Waals surface area contributed by atoms with Gasteiger partial charge >= 0.3 is 26.2 Å². The fraction of sp³-hybridized carbons (Fsp3) is 0.727. The summed E-state index contributed by atoms with van der Waals surface area (Å²) in [5, 5.41) is 0. The fourth-order valence-corrected chi connectivity index (χ4v) is 3.22. The lowest BCUT2D eigenvalue weighted by Crippen LogP contribution is -2.32. The van der Waals surface area contributed by atoms with Crippen molar-refractivity contribution in [2.45, 2.75) is 67.0 Å².